The molecule has 35 heavy (non-hydrogen) atoms. The number of benzene rings is 3. The van der Waals surface area contributed by atoms with Gasteiger partial charge in [-0.05, 0) is 24.1 Å². The van der Waals surface area contributed by atoms with Crippen molar-refractivity contribution in [2.75, 3.05) is 0 Å². The van der Waals surface area contributed by atoms with Gasteiger partial charge in [0.25, 0.3) is 11.5 Å². The quantitative estimate of drug-likeness (QED) is 0.368. The maximum absolute atomic E-state index is 13.3. The first-order chi connectivity index (χ1) is 16.9. The second-order valence-corrected chi connectivity index (χ2v) is 8.40. The second-order valence-electron chi connectivity index (χ2n) is 8.40. The van der Waals surface area contributed by atoms with Gasteiger partial charge < -0.3 is 9.64 Å². The van der Waals surface area contributed by atoms with Crippen molar-refractivity contribution in [3.05, 3.63) is 112 Å². The fourth-order valence-corrected chi connectivity index (χ4v) is 4.01. The molecule has 0 bridgehead atoms. The Morgan fingerprint density at radius 3 is 1.94 bits per heavy atom. The predicted octanol–water partition coefficient (Wildman–Crippen LogP) is 3.64. The van der Waals surface area contributed by atoms with Crippen molar-refractivity contribution in [2.45, 2.75) is 32.5 Å². The maximum atomic E-state index is 13.3. The van der Waals surface area contributed by atoms with Crippen LogP contribution in [0, 0.1) is 0 Å². The number of rotatable bonds is 8. The number of esters is 1. The summed E-state index contributed by atoms with van der Waals surface area (Å²) in [5.74, 6) is -0.870. The minimum Gasteiger partial charge on any atom is -0.452 e. The molecule has 4 rings (SSSR count). The highest BCUT2D eigenvalue weighted by atomic mass is 16.5. The molecule has 0 aliphatic heterocycles. The van der Waals surface area contributed by atoms with Gasteiger partial charge in [0.05, 0.1) is 17.5 Å². The first-order valence-corrected chi connectivity index (χ1v) is 11.4. The summed E-state index contributed by atoms with van der Waals surface area (Å²) in [6.07, 6.45) is -1.13. The highest BCUT2D eigenvalue weighted by Crippen LogP contribution is 2.16. The molecule has 1 unspecified atom stereocenters. The predicted molar refractivity (Wildman–Crippen MR) is 133 cm³/mol. The number of nitrogens with zero attached hydrogens (tertiary/aromatic N) is 3. The lowest BCUT2D eigenvalue weighted by molar-refractivity contribution is -0.159. The number of fused-ring (bicyclic) bond motifs is 1. The molecule has 4 aromatic rings. The van der Waals surface area contributed by atoms with E-state index in [1.807, 2.05) is 60.7 Å². The lowest BCUT2D eigenvalue weighted by Crippen LogP contribution is -2.39. The molecule has 1 heterocycles. The van der Waals surface area contributed by atoms with Crippen molar-refractivity contribution >= 4 is 22.6 Å². The summed E-state index contributed by atoms with van der Waals surface area (Å²) < 4.78 is 6.74. The van der Waals surface area contributed by atoms with Crippen molar-refractivity contribution in [3.63, 3.8) is 0 Å². The number of hydrogen-bond donors (Lipinski definition) is 0. The van der Waals surface area contributed by atoms with E-state index in [2.05, 4.69) is 5.10 Å². The molecular formula is C28H27N3O4. The van der Waals surface area contributed by atoms with Crippen LogP contribution in [0.3, 0.4) is 0 Å². The van der Waals surface area contributed by atoms with Crippen LogP contribution in [0.5, 0.6) is 0 Å². The van der Waals surface area contributed by atoms with E-state index in [1.54, 1.807) is 43.1 Å². The molecular weight excluding hydrogens is 442 g/mol. The lowest BCUT2D eigenvalue weighted by Gasteiger charge is -2.26. The number of carbonyl (C=O) groups excluding carboxylic acids is 2. The first kappa shape index (κ1) is 23.9. The molecule has 0 aliphatic carbocycles. The Bertz CT molecular complexity index is 1340. The summed E-state index contributed by atoms with van der Waals surface area (Å²) in [5.41, 5.74) is 2.16. The van der Waals surface area contributed by atoms with Gasteiger partial charge in [0, 0.05) is 25.5 Å². The van der Waals surface area contributed by atoms with E-state index >= 15 is 0 Å². The Labute approximate surface area is 203 Å². The third-order valence-electron chi connectivity index (χ3n) is 5.74. The summed E-state index contributed by atoms with van der Waals surface area (Å²) in [4.78, 5) is 40.2. The minimum absolute atomic E-state index is 0.149. The van der Waals surface area contributed by atoms with Gasteiger partial charge in [0.1, 0.15) is 0 Å². The van der Waals surface area contributed by atoms with Gasteiger partial charge in [-0.2, -0.15) is 5.10 Å². The Kier molecular flexibility index (Phi) is 7.35. The molecule has 0 saturated heterocycles. The van der Waals surface area contributed by atoms with Gasteiger partial charge in [-0.1, -0.05) is 78.9 Å². The second kappa shape index (κ2) is 10.8. The monoisotopic (exact) mass is 469 g/mol. The van der Waals surface area contributed by atoms with Gasteiger partial charge in [0.2, 0.25) is 0 Å². The average molecular weight is 470 g/mol. The summed E-state index contributed by atoms with van der Waals surface area (Å²) in [7, 11) is 1.54. The standard InChI is InChI=1S/C28H27N3O4/c1-20(35-26(32)17-25-23-15-9-10-16-24(23)28(34)30(2)29-25)27(33)31(18-21-11-5-3-6-12-21)19-22-13-7-4-8-14-22/h3-16,20H,17-19H2,1-2H3. The van der Waals surface area contributed by atoms with Crippen molar-refractivity contribution < 1.29 is 14.3 Å². The summed E-state index contributed by atoms with van der Waals surface area (Å²) >= 11 is 0. The molecule has 1 aromatic heterocycles. The van der Waals surface area contributed by atoms with E-state index in [0.29, 0.717) is 29.6 Å². The highest BCUT2D eigenvalue weighted by molar-refractivity contribution is 5.88. The zero-order valence-corrected chi connectivity index (χ0v) is 19.8. The molecule has 0 aliphatic rings. The van der Waals surface area contributed by atoms with Crippen molar-refractivity contribution in [1.29, 1.82) is 0 Å². The van der Waals surface area contributed by atoms with Crippen LogP contribution in [0.1, 0.15) is 23.7 Å². The number of aromatic nitrogens is 2. The van der Waals surface area contributed by atoms with E-state index < -0.39 is 12.1 Å². The Balaban J connectivity index is 1.50. The molecule has 0 radical (unpaired) electrons. The third-order valence-corrected chi connectivity index (χ3v) is 5.74. The van der Waals surface area contributed by atoms with Gasteiger partial charge in [-0.15, -0.1) is 0 Å². The molecule has 0 spiro atoms. The number of amides is 1. The van der Waals surface area contributed by atoms with Crippen molar-refractivity contribution in [2.24, 2.45) is 7.05 Å². The zero-order chi connectivity index (χ0) is 24.8. The molecule has 0 N–H and O–H groups in total. The SMILES string of the molecule is CC(OC(=O)Cc1nn(C)c(=O)c2ccccc12)C(=O)N(Cc1ccccc1)Cc1ccccc1. The van der Waals surface area contributed by atoms with Gasteiger partial charge in [-0.3, -0.25) is 14.4 Å². The largest absolute Gasteiger partial charge is 0.452 e. The minimum atomic E-state index is -0.978. The van der Waals surface area contributed by atoms with Gasteiger partial charge in [0.15, 0.2) is 6.10 Å². The van der Waals surface area contributed by atoms with Gasteiger partial charge >= 0.3 is 5.97 Å². The number of aryl methyl sites for hydroxylation is 1. The van der Waals surface area contributed by atoms with Crippen LogP contribution in [-0.4, -0.2) is 32.7 Å². The summed E-state index contributed by atoms with van der Waals surface area (Å²) in [5, 5.41) is 5.33. The molecule has 1 amide bonds. The van der Waals surface area contributed by atoms with E-state index in [0.717, 1.165) is 11.1 Å². The highest BCUT2D eigenvalue weighted by Gasteiger charge is 2.25. The van der Waals surface area contributed by atoms with Crippen LogP contribution in [0.4, 0.5) is 0 Å². The van der Waals surface area contributed by atoms with Crippen LogP contribution in [0.25, 0.3) is 10.8 Å². The molecule has 1 atom stereocenters. The maximum Gasteiger partial charge on any atom is 0.312 e. The Morgan fingerprint density at radius 1 is 0.857 bits per heavy atom. The molecule has 0 fully saturated rings. The van der Waals surface area contributed by atoms with Crippen LogP contribution in [-0.2, 0) is 40.9 Å². The normalized spacial score (nSPS) is 11.7. The number of ether oxygens (including phenoxy) is 1. The van der Waals surface area contributed by atoms with E-state index in [9.17, 15) is 14.4 Å². The van der Waals surface area contributed by atoms with E-state index in [1.165, 1.54) is 4.68 Å². The fraction of sp³-hybridized carbons (Fsp3) is 0.214. The fourth-order valence-electron chi connectivity index (χ4n) is 4.01. The molecule has 7 heteroatoms. The zero-order valence-electron chi connectivity index (χ0n) is 19.8. The van der Waals surface area contributed by atoms with Crippen LogP contribution in [0.2, 0.25) is 0 Å². The van der Waals surface area contributed by atoms with Gasteiger partial charge in [-0.25, -0.2) is 4.68 Å². The smallest absolute Gasteiger partial charge is 0.312 e. The van der Waals surface area contributed by atoms with Crippen LogP contribution in [0.15, 0.2) is 89.7 Å². The lowest BCUT2D eigenvalue weighted by atomic mass is 10.1. The molecule has 7 nitrogen and oxygen atoms in total. The number of hydrogen-bond acceptors (Lipinski definition) is 5. The first-order valence-electron chi connectivity index (χ1n) is 11.4. The topological polar surface area (TPSA) is 81.5 Å². The Morgan fingerprint density at radius 2 is 1.37 bits per heavy atom. The Hall–Kier alpha value is -4.26. The van der Waals surface area contributed by atoms with Crippen LogP contribution >= 0.6 is 0 Å². The third kappa shape index (κ3) is 5.81. The molecule has 178 valence electrons. The molecule has 3 aromatic carbocycles. The van der Waals surface area contributed by atoms with E-state index in [-0.39, 0.29) is 17.9 Å². The molecule has 0 saturated carbocycles. The van der Waals surface area contributed by atoms with Crippen molar-refractivity contribution in [1.82, 2.24) is 14.7 Å². The number of carbonyl (C=O) groups is 2. The average Bonchev–Trinajstić information content (AvgIpc) is 2.87. The summed E-state index contributed by atoms with van der Waals surface area (Å²) in [6, 6.07) is 26.4. The summed E-state index contributed by atoms with van der Waals surface area (Å²) in [6.45, 7) is 2.36. The van der Waals surface area contributed by atoms with E-state index in [4.69, 9.17) is 4.74 Å². The van der Waals surface area contributed by atoms with Crippen molar-refractivity contribution in [3.8, 4) is 0 Å². The van der Waals surface area contributed by atoms with Crippen LogP contribution < -0.4 is 5.56 Å².